The van der Waals surface area contributed by atoms with E-state index in [9.17, 15) is 0 Å². The molecule has 0 atom stereocenters. The SMILES string of the molecule is Cc1cc(Oc2ncn(C)n2)c(CNCC(C)C)cn1. The standard InChI is InChI=1S/C14H21N5O/c1-10(2)6-15-7-12-8-16-11(3)5-13(12)20-14-17-9-19(4)18-14/h5,8-10,15H,6-7H2,1-4H3. The van der Waals surface area contributed by atoms with Crippen LogP contribution in [-0.2, 0) is 13.6 Å². The number of rotatable bonds is 6. The van der Waals surface area contributed by atoms with E-state index < -0.39 is 0 Å². The maximum atomic E-state index is 5.75. The lowest BCUT2D eigenvalue weighted by atomic mass is 10.2. The zero-order valence-electron chi connectivity index (χ0n) is 12.4. The summed E-state index contributed by atoms with van der Waals surface area (Å²) in [6.07, 6.45) is 3.45. The molecule has 0 radical (unpaired) electrons. The predicted octanol–water partition coefficient (Wildman–Crippen LogP) is 2.06. The van der Waals surface area contributed by atoms with Crippen LogP contribution < -0.4 is 10.1 Å². The molecule has 0 amide bonds. The Hall–Kier alpha value is -1.95. The molecule has 2 rings (SSSR count). The van der Waals surface area contributed by atoms with Crippen LogP contribution in [0.4, 0.5) is 0 Å². The molecule has 2 heterocycles. The highest BCUT2D eigenvalue weighted by molar-refractivity contribution is 5.34. The molecule has 0 spiro atoms. The molecule has 0 aliphatic rings. The monoisotopic (exact) mass is 275 g/mol. The van der Waals surface area contributed by atoms with Crippen molar-refractivity contribution in [3.05, 3.63) is 29.8 Å². The Morgan fingerprint density at radius 3 is 2.80 bits per heavy atom. The van der Waals surface area contributed by atoms with Gasteiger partial charge in [-0.15, -0.1) is 5.10 Å². The second kappa shape index (κ2) is 6.47. The van der Waals surface area contributed by atoms with Crippen molar-refractivity contribution in [3.8, 4) is 11.8 Å². The van der Waals surface area contributed by atoms with E-state index in [0.29, 0.717) is 18.5 Å². The number of pyridine rings is 1. The van der Waals surface area contributed by atoms with Crippen LogP contribution in [-0.4, -0.2) is 26.3 Å². The third-order valence-corrected chi connectivity index (χ3v) is 2.73. The summed E-state index contributed by atoms with van der Waals surface area (Å²) >= 11 is 0. The molecule has 0 fully saturated rings. The Morgan fingerprint density at radius 2 is 2.15 bits per heavy atom. The van der Waals surface area contributed by atoms with Gasteiger partial charge >= 0.3 is 6.01 Å². The van der Waals surface area contributed by atoms with Crippen molar-refractivity contribution in [1.82, 2.24) is 25.1 Å². The van der Waals surface area contributed by atoms with E-state index in [2.05, 4.69) is 34.2 Å². The van der Waals surface area contributed by atoms with Gasteiger partial charge in [-0.3, -0.25) is 9.67 Å². The van der Waals surface area contributed by atoms with E-state index in [4.69, 9.17) is 4.74 Å². The van der Waals surface area contributed by atoms with Crippen molar-refractivity contribution in [2.75, 3.05) is 6.54 Å². The molecule has 0 aliphatic carbocycles. The Kier molecular flexibility index (Phi) is 4.68. The van der Waals surface area contributed by atoms with Gasteiger partial charge in [0, 0.05) is 37.1 Å². The molecule has 20 heavy (non-hydrogen) atoms. The van der Waals surface area contributed by atoms with E-state index in [-0.39, 0.29) is 0 Å². The van der Waals surface area contributed by atoms with Gasteiger partial charge in [-0.1, -0.05) is 13.8 Å². The summed E-state index contributed by atoms with van der Waals surface area (Å²) in [6.45, 7) is 7.96. The Labute approximate surface area is 119 Å². The van der Waals surface area contributed by atoms with Gasteiger partial charge in [-0.25, -0.2) is 0 Å². The molecular weight excluding hydrogens is 254 g/mol. The molecule has 108 valence electrons. The van der Waals surface area contributed by atoms with E-state index in [1.54, 1.807) is 11.0 Å². The zero-order valence-corrected chi connectivity index (χ0v) is 12.4. The van der Waals surface area contributed by atoms with Crippen molar-refractivity contribution < 1.29 is 4.74 Å². The number of hydrogen-bond acceptors (Lipinski definition) is 5. The average molecular weight is 275 g/mol. The van der Waals surface area contributed by atoms with Gasteiger partial charge in [0.05, 0.1) is 0 Å². The number of nitrogens with zero attached hydrogens (tertiary/aromatic N) is 4. The summed E-state index contributed by atoms with van der Waals surface area (Å²) < 4.78 is 7.36. The summed E-state index contributed by atoms with van der Waals surface area (Å²) in [4.78, 5) is 8.40. The lowest BCUT2D eigenvalue weighted by Gasteiger charge is -2.11. The van der Waals surface area contributed by atoms with Crippen LogP contribution in [0.1, 0.15) is 25.1 Å². The fraction of sp³-hybridized carbons (Fsp3) is 0.500. The van der Waals surface area contributed by atoms with Crippen molar-refractivity contribution >= 4 is 0 Å². The van der Waals surface area contributed by atoms with Crippen LogP contribution in [0.15, 0.2) is 18.6 Å². The fourth-order valence-electron chi connectivity index (χ4n) is 1.75. The molecule has 1 N–H and O–H groups in total. The van der Waals surface area contributed by atoms with Gasteiger partial charge in [0.25, 0.3) is 0 Å². The van der Waals surface area contributed by atoms with E-state index >= 15 is 0 Å². The molecule has 0 unspecified atom stereocenters. The lowest BCUT2D eigenvalue weighted by molar-refractivity contribution is 0.429. The van der Waals surface area contributed by atoms with Gasteiger partial charge in [0.2, 0.25) is 0 Å². The minimum atomic E-state index is 0.350. The van der Waals surface area contributed by atoms with E-state index in [1.165, 1.54) is 0 Å². The van der Waals surface area contributed by atoms with E-state index in [0.717, 1.165) is 23.6 Å². The third kappa shape index (κ3) is 4.03. The van der Waals surface area contributed by atoms with Gasteiger partial charge in [-0.05, 0) is 19.4 Å². The van der Waals surface area contributed by atoms with Gasteiger partial charge in [0.1, 0.15) is 12.1 Å². The normalized spacial score (nSPS) is 11.1. The number of aromatic nitrogens is 4. The second-order valence-electron chi connectivity index (χ2n) is 5.26. The van der Waals surface area contributed by atoms with Crippen LogP contribution in [0.3, 0.4) is 0 Å². The Bertz CT molecular complexity index is 564. The van der Waals surface area contributed by atoms with Crippen LogP contribution in [0.5, 0.6) is 11.8 Å². The predicted molar refractivity (Wildman–Crippen MR) is 76.6 cm³/mol. The minimum absolute atomic E-state index is 0.350. The molecule has 0 aromatic carbocycles. The Balaban J connectivity index is 2.11. The van der Waals surface area contributed by atoms with Crippen molar-refractivity contribution in [2.45, 2.75) is 27.3 Å². The topological polar surface area (TPSA) is 64.9 Å². The smallest absolute Gasteiger partial charge is 0.340 e. The third-order valence-electron chi connectivity index (χ3n) is 2.73. The van der Waals surface area contributed by atoms with Gasteiger partial charge in [-0.2, -0.15) is 4.98 Å². The second-order valence-corrected chi connectivity index (χ2v) is 5.26. The lowest BCUT2D eigenvalue weighted by Crippen LogP contribution is -2.19. The molecule has 6 nitrogen and oxygen atoms in total. The summed E-state index contributed by atoms with van der Waals surface area (Å²) in [5.41, 5.74) is 1.91. The van der Waals surface area contributed by atoms with Gasteiger partial charge in [0.15, 0.2) is 0 Å². The molecule has 2 aromatic rings. The minimum Gasteiger partial charge on any atom is -0.423 e. The number of hydrogen-bond donors (Lipinski definition) is 1. The first-order valence-corrected chi connectivity index (χ1v) is 6.74. The summed E-state index contributed by atoms with van der Waals surface area (Å²) in [7, 11) is 1.81. The average Bonchev–Trinajstić information content (AvgIpc) is 2.77. The number of nitrogens with one attached hydrogen (secondary N) is 1. The fourth-order valence-corrected chi connectivity index (χ4v) is 1.75. The van der Waals surface area contributed by atoms with Crippen LogP contribution >= 0.6 is 0 Å². The highest BCUT2D eigenvalue weighted by Gasteiger charge is 2.09. The van der Waals surface area contributed by atoms with Crippen molar-refractivity contribution in [3.63, 3.8) is 0 Å². The van der Waals surface area contributed by atoms with Crippen molar-refractivity contribution in [2.24, 2.45) is 13.0 Å². The largest absolute Gasteiger partial charge is 0.423 e. The highest BCUT2D eigenvalue weighted by atomic mass is 16.5. The van der Waals surface area contributed by atoms with Crippen LogP contribution in [0, 0.1) is 12.8 Å². The van der Waals surface area contributed by atoms with Gasteiger partial charge < -0.3 is 10.1 Å². The Morgan fingerprint density at radius 1 is 1.35 bits per heavy atom. The molecule has 2 aromatic heterocycles. The molecular formula is C14H21N5O. The van der Waals surface area contributed by atoms with E-state index in [1.807, 2.05) is 26.2 Å². The first kappa shape index (κ1) is 14.5. The van der Waals surface area contributed by atoms with Crippen LogP contribution in [0.2, 0.25) is 0 Å². The first-order chi connectivity index (χ1) is 9.54. The highest BCUT2D eigenvalue weighted by Crippen LogP contribution is 2.23. The summed E-state index contributed by atoms with van der Waals surface area (Å²) in [6, 6.07) is 2.26. The van der Waals surface area contributed by atoms with Crippen LogP contribution in [0.25, 0.3) is 0 Å². The van der Waals surface area contributed by atoms with Crippen molar-refractivity contribution in [1.29, 1.82) is 0 Å². The molecule has 0 bridgehead atoms. The number of ether oxygens (including phenoxy) is 1. The summed E-state index contributed by atoms with van der Waals surface area (Å²) in [5.74, 6) is 1.36. The molecule has 0 saturated carbocycles. The summed E-state index contributed by atoms with van der Waals surface area (Å²) in [5, 5.41) is 7.51. The molecule has 0 saturated heterocycles. The number of aryl methyl sites for hydroxylation is 2. The maximum Gasteiger partial charge on any atom is 0.340 e. The zero-order chi connectivity index (χ0) is 14.5. The molecule has 6 heteroatoms. The first-order valence-electron chi connectivity index (χ1n) is 6.74. The maximum absolute atomic E-state index is 5.75. The quantitative estimate of drug-likeness (QED) is 0.874. The molecule has 0 aliphatic heterocycles.